The van der Waals surface area contributed by atoms with E-state index in [2.05, 4.69) is 5.32 Å². The fourth-order valence-corrected chi connectivity index (χ4v) is 1.61. The van der Waals surface area contributed by atoms with Crippen LogP contribution in [0, 0.1) is 11.6 Å². The fraction of sp³-hybridized carbons (Fsp3) is 0.500. The number of rotatable bonds is 6. The Balaban J connectivity index is 2.73. The molecule has 0 heterocycles. The third-order valence-corrected chi connectivity index (χ3v) is 2.47. The molecule has 0 saturated carbocycles. The minimum atomic E-state index is -0.432. The van der Waals surface area contributed by atoms with Crippen LogP contribution in [0.2, 0.25) is 0 Å². The fourth-order valence-electron chi connectivity index (χ4n) is 1.61. The molecule has 16 heavy (non-hydrogen) atoms. The Kier molecular flexibility index (Phi) is 5.35. The number of benzene rings is 1. The van der Waals surface area contributed by atoms with Crippen molar-refractivity contribution in [3.05, 3.63) is 35.4 Å². The van der Waals surface area contributed by atoms with Crippen molar-refractivity contribution in [3.8, 4) is 0 Å². The van der Waals surface area contributed by atoms with Gasteiger partial charge in [0.05, 0.1) is 0 Å². The lowest BCUT2D eigenvalue weighted by Crippen LogP contribution is -2.23. The van der Waals surface area contributed by atoms with Gasteiger partial charge in [-0.15, -0.1) is 0 Å². The van der Waals surface area contributed by atoms with E-state index in [1.54, 1.807) is 0 Å². The van der Waals surface area contributed by atoms with E-state index in [0.717, 1.165) is 12.1 Å². The lowest BCUT2D eigenvalue weighted by molar-refractivity contribution is 0.282. The molecule has 0 bridgehead atoms. The molecule has 0 fully saturated rings. The van der Waals surface area contributed by atoms with Crippen molar-refractivity contribution >= 4 is 0 Å². The number of aliphatic hydroxyl groups excluding tert-OH is 1. The third kappa shape index (κ3) is 3.54. The maximum absolute atomic E-state index is 13.5. The molecule has 0 saturated heterocycles. The van der Waals surface area contributed by atoms with E-state index in [-0.39, 0.29) is 12.6 Å². The van der Waals surface area contributed by atoms with Gasteiger partial charge >= 0.3 is 0 Å². The van der Waals surface area contributed by atoms with E-state index in [1.165, 1.54) is 6.07 Å². The van der Waals surface area contributed by atoms with Crippen LogP contribution in [0.1, 0.15) is 31.4 Å². The Morgan fingerprint density at radius 3 is 2.75 bits per heavy atom. The predicted molar refractivity (Wildman–Crippen MR) is 59.1 cm³/mol. The Morgan fingerprint density at radius 2 is 2.12 bits per heavy atom. The van der Waals surface area contributed by atoms with Crippen LogP contribution in [-0.2, 0) is 0 Å². The molecule has 0 radical (unpaired) electrons. The summed E-state index contributed by atoms with van der Waals surface area (Å²) in [6.45, 7) is 2.58. The number of halogens is 2. The smallest absolute Gasteiger partial charge is 0.128 e. The number of hydrogen-bond donors (Lipinski definition) is 2. The molecule has 1 aromatic rings. The first kappa shape index (κ1) is 13.1. The topological polar surface area (TPSA) is 32.3 Å². The van der Waals surface area contributed by atoms with Gasteiger partial charge in [0.15, 0.2) is 0 Å². The highest BCUT2D eigenvalue weighted by Gasteiger charge is 2.13. The first-order valence-electron chi connectivity index (χ1n) is 5.48. The standard InChI is InChI=1S/C12H17F2NO/c1-2-12(15-6-3-7-16)10-8-9(13)4-5-11(10)14/h4-5,8,12,15-16H,2-3,6-7H2,1H3. The summed E-state index contributed by atoms with van der Waals surface area (Å²) in [6.07, 6.45) is 1.28. The average Bonchev–Trinajstić information content (AvgIpc) is 2.28. The summed E-state index contributed by atoms with van der Waals surface area (Å²) in [5.74, 6) is -0.830. The highest BCUT2D eigenvalue weighted by molar-refractivity contribution is 5.22. The molecular formula is C12H17F2NO. The highest BCUT2D eigenvalue weighted by Crippen LogP contribution is 2.20. The molecule has 1 atom stereocenters. The van der Waals surface area contributed by atoms with Gasteiger partial charge < -0.3 is 10.4 Å². The van der Waals surface area contributed by atoms with Gasteiger partial charge in [0.2, 0.25) is 0 Å². The second-order valence-corrected chi connectivity index (χ2v) is 3.66. The first-order valence-corrected chi connectivity index (χ1v) is 5.48. The molecule has 2 N–H and O–H groups in total. The second-order valence-electron chi connectivity index (χ2n) is 3.66. The minimum absolute atomic E-state index is 0.0923. The Hall–Kier alpha value is -1.00. The van der Waals surface area contributed by atoms with Gasteiger partial charge in [-0.05, 0) is 37.6 Å². The van der Waals surface area contributed by atoms with Gasteiger partial charge in [0.1, 0.15) is 11.6 Å². The summed E-state index contributed by atoms with van der Waals surface area (Å²) in [6, 6.07) is 3.26. The zero-order chi connectivity index (χ0) is 12.0. The molecule has 1 rings (SSSR count). The molecular weight excluding hydrogens is 212 g/mol. The maximum Gasteiger partial charge on any atom is 0.128 e. The van der Waals surface area contributed by atoms with E-state index in [4.69, 9.17) is 5.11 Å². The van der Waals surface area contributed by atoms with E-state index >= 15 is 0 Å². The van der Waals surface area contributed by atoms with Gasteiger partial charge in [0, 0.05) is 18.2 Å². The molecule has 0 aliphatic carbocycles. The summed E-state index contributed by atoms with van der Waals surface area (Å²) in [4.78, 5) is 0. The summed E-state index contributed by atoms with van der Waals surface area (Å²) in [5.41, 5.74) is 0.348. The van der Waals surface area contributed by atoms with Crippen LogP contribution in [0.5, 0.6) is 0 Å². The van der Waals surface area contributed by atoms with Crippen LogP contribution in [0.25, 0.3) is 0 Å². The highest BCUT2D eigenvalue weighted by atomic mass is 19.1. The SMILES string of the molecule is CCC(NCCCO)c1cc(F)ccc1F. The number of nitrogens with one attached hydrogen (secondary N) is 1. The Bertz CT molecular complexity index is 331. The molecule has 4 heteroatoms. The summed E-state index contributed by atoms with van der Waals surface area (Å²) in [7, 11) is 0. The van der Waals surface area contributed by atoms with Crippen LogP contribution in [0.4, 0.5) is 8.78 Å². The first-order chi connectivity index (χ1) is 7.69. The number of hydrogen-bond acceptors (Lipinski definition) is 2. The van der Waals surface area contributed by atoms with E-state index in [0.29, 0.717) is 24.9 Å². The predicted octanol–water partition coefficient (Wildman–Crippen LogP) is 2.39. The number of aliphatic hydroxyl groups is 1. The van der Waals surface area contributed by atoms with E-state index < -0.39 is 11.6 Å². The summed E-state index contributed by atoms with van der Waals surface area (Å²) < 4.78 is 26.5. The van der Waals surface area contributed by atoms with E-state index in [9.17, 15) is 8.78 Å². The molecule has 1 unspecified atom stereocenters. The molecule has 90 valence electrons. The van der Waals surface area contributed by atoms with Crippen molar-refractivity contribution in [1.29, 1.82) is 0 Å². The third-order valence-electron chi connectivity index (χ3n) is 2.47. The Labute approximate surface area is 94.3 Å². The molecule has 0 aliphatic heterocycles. The van der Waals surface area contributed by atoms with E-state index in [1.807, 2.05) is 6.92 Å². The van der Waals surface area contributed by atoms with Crippen LogP contribution in [0.15, 0.2) is 18.2 Å². The zero-order valence-electron chi connectivity index (χ0n) is 9.34. The molecule has 1 aromatic carbocycles. The summed E-state index contributed by atoms with van der Waals surface area (Å²) >= 11 is 0. The monoisotopic (exact) mass is 229 g/mol. The molecule has 0 aromatic heterocycles. The maximum atomic E-state index is 13.5. The molecule has 0 aliphatic rings. The average molecular weight is 229 g/mol. The van der Waals surface area contributed by atoms with Crippen LogP contribution in [-0.4, -0.2) is 18.3 Å². The van der Waals surface area contributed by atoms with Crippen molar-refractivity contribution in [3.63, 3.8) is 0 Å². The van der Waals surface area contributed by atoms with Gasteiger partial charge in [-0.3, -0.25) is 0 Å². The molecule has 0 amide bonds. The quantitative estimate of drug-likeness (QED) is 0.734. The van der Waals surface area contributed by atoms with Crippen LogP contribution in [0.3, 0.4) is 0 Å². The van der Waals surface area contributed by atoms with Crippen molar-refractivity contribution in [2.45, 2.75) is 25.8 Å². The van der Waals surface area contributed by atoms with Gasteiger partial charge in [-0.2, -0.15) is 0 Å². The van der Waals surface area contributed by atoms with Gasteiger partial charge in [0.25, 0.3) is 0 Å². The summed E-state index contributed by atoms with van der Waals surface area (Å²) in [5, 5.41) is 11.7. The van der Waals surface area contributed by atoms with Crippen molar-refractivity contribution in [2.24, 2.45) is 0 Å². The normalized spacial score (nSPS) is 12.8. The largest absolute Gasteiger partial charge is 0.396 e. The van der Waals surface area contributed by atoms with Gasteiger partial charge in [-0.25, -0.2) is 8.78 Å². The van der Waals surface area contributed by atoms with Crippen molar-refractivity contribution in [1.82, 2.24) is 5.32 Å². The van der Waals surface area contributed by atoms with Crippen LogP contribution < -0.4 is 5.32 Å². The lowest BCUT2D eigenvalue weighted by Gasteiger charge is -2.17. The van der Waals surface area contributed by atoms with Crippen LogP contribution >= 0.6 is 0 Å². The molecule has 2 nitrogen and oxygen atoms in total. The zero-order valence-corrected chi connectivity index (χ0v) is 9.34. The minimum Gasteiger partial charge on any atom is -0.396 e. The Morgan fingerprint density at radius 1 is 1.38 bits per heavy atom. The van der Waals surface area contributed by atoms with Gasteiger partial charge in [-0.1, -0.05) is 6.92 Å². The second kappa shape index (κ2) is 6.55. The lowest BCUT2D eigenvalue weighted by atomic mass is 10.0. The van der Waals surface area contributed by atoms with Crippen molar-refractivity contribution < 1.29 is 13.9 Å². The molecule has 0 spiro atoms. The van der Waals surface area contributed by atoms with Crippen molar-refractivity contribution in [2.75, 3.05) is 13.2 Å².